The van der Waals surface area contributed by atoms with E-state index in [1.807, 2.05) is 41.5 Å². The molecule has 0 aromatic heterocycles. The van der Waals surface area contributed by atoms with Crippen LogP contribution in [0.2, 0.25) is 0 Å². The summed E-state index contributed by atoms with van der Waals surface area (Å²) in [5, 5.41) is 5.39. The molecule has 0 heterocycles. The van der Waals surface area contributed by atoms with E-state index in [1.54, 1.807) is 20.8 Å². The summed E-state index contributed by atoms with van der Waals surface area (Å²) in [7, 11) is 0. The largest absolute Gasteiger partial charge is 0.459 e. The fraction of sp³-hybridized carbons (Fsp3) is 0.538. The minimum Gasteiger partial charge on any atom is -0.459 e. The Bertz CT molecular complexity index is 801. The number of nitrogens with one attached hydrogen (secondary N) is 2. The van der Waals surface area contributed by atoms with Gasteiger partial charge >= 0.3 is 11.9 Å². The zero-order valence-corrected chi connectivity index (χ0v) is 23.1. The molecule has 34 heavy (non-hydrogen) atoms. The zero-order chi connectivity index (χ0) is 27.6. The van der Waals surface area contributed by atoms with Gasteiger partial charge in [-0.05, 0) is 44.4 Å². The first-order valence-corrected chi connectivity index (χ1v) is 11.7. The fourth-order valence-electron chi connectivity index (χ4n) is 2.72. The molecular formula is C26H44N2O6. The molecule has 2 N–H and O–H groups in total. The second kappa shape index (κ2) is 19.3. The Morgan fingerprint density at radius 2 is 1.03 bits per heavy atom. The van der Waals surface area contributed by atoms with Gasteiger partial charge in [0.05, 0.1) is 5.56 Å². The second-order valence-corrected chi connectivity index (χ2v) is 6.41. The van der Waals surface area contributed by atoms with Crippen LogP contribution in [0.1, 0.15) is 89.4 Å². The number of rotatable bonds is 7. The third-order valence-corrected chi connectivity index (χ3v) is 3.95. The van der Waals surface area contributed by atoms with Crippen LogP contribution in [-0.4, -0.2) is 37.0 Å². The van der Waals surface area contributed by atoms with Gasteiger partial charge in [0.1, 0.15) is 13.2 Å². The molecule has 1 rings (SSSR count). The van der Waals surface area contributed by atoms with Crippen LogP contribution in [0, 0.1) is 20.8 Å². The Morgan fingerprint density at radius 1 is 0.676 bits per heavy atom. The molecule has 1 aromatic rings. The van der Waals surface area contributed by atoms with Crippen molar-refractivity contribution in [2.75, 3.05) is 23.8 Å². The Morgan fingerprint density at radius 3 is 1.35 bits per heavy atom. The van der Waals surface area contributed by atoms with Crippen LogP contribution in [0.25, 0.3) is 0 Å². The van der Waals surface area contributed by atoms with Crippen molar-refractivity contribution in [3.05, 3.63) is 34.4 Å². The van der Waals surface area contributed by atoms with Crippen LogP contribution in [0.3, 0.4) is 0 Å². The number of hydrogen-bond donors (Lipinski definition) is 2. The lowest BCUT2D eigenvalue weighted by atomic mass is 9.94. The minimum atomic E-state index is -0.653. The molecule has 0 bridgehead atoms. The predicted molar refractivity (Wildman–Crippen MR) is 139 cm³/mol. The quantitative estimate of drug-likeness (QED) is 0.286. The summed E-state index contributed by atoms with van der Waals surface area (Å²) in [6, 6.07) is 0. The number of hydrogen-bond acceptors (Lipinski definition) is 6. The van der Waals surface area contributed by atoms with E-state index in [9.17, 15) is 19.2 Å². The molecule has 0 radical (unpaired) electrons. The first-order valence-electron chi connectivity index (χ1n) is 11.7. The summed E-state index contributed by atoms with van der Waals surface area (Å²) in [5.74, 6) is -1.84. The molecule has 0 saturated heterocycles. The molecule has 194 valence electrons. The lowest BCUT2D eigenvalue weighted by molar-refractivity contribution is -0.140. The van der Waals surface area contributed by atoms with Gasteiger partial charge < -0.3 is 20.1 Å². The lowest BCUT2D eigenvalue weighted by Gasteiger charge is -2.21. The molecule has 0 spiro atoms. The number of carbonyl (C=O) groups excluding carboxylic acids is 4. The van der Waals surface area contributed by atoms with Crippen molar-refractivity contribution in [3.8, 4) is 0 Å². The van der Waals surface area contributed by atoms with Crippen LogP contribution in [-0.2, 0) is 23.9 Å². The first kappa shape index (κ1) is 35.4. The molecular weight excluding hydrogens is 436 g/mol. The van der Waals surface area contributed by atoms with Crippen LogP contribution in [0.15, 0.2) is 12.2 Å². The molecule has 0 aliphatic rings. The highest BCUT2D eigenvalue weighted by Crippen LogP contribution is 2.35. The first-order chi connectivity index (χ1) is 16.0. The molecule has 0 unspecified atom stereocenters. The van der Waals surface area contributed by atoms with Crippen molar-refractivity contribution < 1.29 is 28.7 Å². The van der Waals surface area contributed by atoms with E-state index in [-0.39, 0.29) is 36.2 Å². The van der Waals surface area contributed by atoms with Crippen LogP contribution < -0.4 is 10.6 Å². The molecule has 2 amide bonds. The number of carbonyl (C=O) groups is 4. The third-order valence-electron chi connectivity index (χ3n) is 3.95. The van der Waals surface area contributed by atoms with Gasteiger partial charge in [-0.2, -0.15) is 0 Å². The number of benzene rings is 1. The normalized spacial score (nSPS) is 8.82. The summed E-state index contributed by atoms with van der Waals surface area (Å²) >= 11 is 0. The van der Waals surface area contributed by atoms with Crippen molar-refractivity contribution >= 4 is 35.1 Å². The van der Waals surface area contributed by atoms with E-state index < -0.39 is 11.9 Å². The summed E-state index contributed by atoms with van der Waals surface area (Å²) < 4.78 is 10.1. The molecule has 0 atom stereocenters. The summed E-state index contributed by atoms with van der Waals surface area (Å²) in [6.45, 7) is 24.5. The van der Waals surface area contributed by atoms with Gasteiger partial charge in [-0.1, -0.05) is 48.1 Å². The molecule has 0 fully saturated rings. The maximum atomic E-state index is 12.6. The van der Waals surface area contributed by atoms with Gasteiger partial charge in [0.2, 0.25) is 11.8 Å². The SMILES string of the molecule is C=C(C)C(=O)OCCOC(=O)c1c(C)c(NC(C)=O)c(C)c(NC(C)=O)c1C.CC.CC.CC. The van der Waals surface area contributed by atoms with E-state index in [0.29, 0.717) is 28.1 Å². The monoisotopic (exact) mass is 480 g/mol. The van der Waals surface area contributed by atoms with E-state index in [4.69, 9.17) is 9.47 Å². The van der Waals surface area contributed by atoms with Gasteiger partial charge in [-0.3, -0.25) is 9.59 Å². The highest BCUT2D eigenvalue weighted by atomic mass is 16.6. The standard InChI is InChI=1S/C20H26N2O6.3C2H6/c1-10(2)19(25)27-8-9-28-20(26)16-11(3)17(21-14(6)23)13(5)18(12(16)4)22-15(7)24;3*1-2/h1,8-9H2,2-7H3,(H,21,23)(H,22,24);3*1-2H3. The average molecular weight is 481 g/mol. The maximum Gasteiger partial charge on any atom is 0.338 e. The number of ether oxygens (including phenoxy) is 2. The molecule has 0 saturated carbocycles. The van der Waals surface area contributed by atoms with Crippen molar-refractivity contribution in [2.24, 2.45) is 0 Å². The summed E-state index contributed by atoms with van der Waals surface area (Å²) in [6.07, 6.45) is 0. The van der Waals surface area contributed by atoms with Crippen LogP contribution in [0.4, 0.5) is 11.4 Å². The highest BCUT2D eigenvalue weighted by Gasteiger charge is 2.24. The minimum absolute atomic E-state index is 0.113. The number of esters is 2. The molecule has 0 aliphatic carbocycles. The van der Waals surface area contributed by atoms with E-state index in [1.165, 1.54) is 20.8 Å². The van der Waals surface area contributed by atoms with E-state index in [2.05, 4.69) is 17.2 Å². The van der Waals surface area contributed by atoms with Gasteiger partial charge in [0, 0.05) is 30.8 Å². The third kappa shape index (κ3) is 11.6. The predicted octanol–water partition coefficient (Wildman–Crippen LogP) is 5.88. The summed E-state index contributed by atoms with van der Waals surface area (Å²) in [5.41, 5.74) is 3.00. The van der Waals surface area contributed by atoms with Crippen molar-refractivity contribution in [1.82, 2.24) is 0 Å². The maximum absolute atomic E-state index is 12.6. The molecule has 8 heteroatoms. The lowest BCUT2D eigenvalue weighted by Crippen LogP contribution is -2.20. The Kier molecular flexibility index (Phi) is 20.1. The Hall–Kier alpha value is -3.16. The second-order valence-electron chi connectivity index (χ2n) is 6.41. The van der Waals surface area contributed by atoms with E-state index in [0.717, 1.165) is 0 Å². The highest BCUT2D eigenvalue weighted by molar-refractivity contribution is 6.03. The smallest absolute Gasteiger partial charge is 0.338 e. The van der Waals surface area contributed by atoms with Crippen LogP contribution >= 0.6 is 0 Å². The van der Waals surface area contributed by atoms with Crippen molar-refractivity contribution in [2.45, 2.75) is 83.1 Å². The zero-order valence-electron chi connectivity index (χ0n) is 23.1. The topological polar surface area (TPSA) is 111 Å². The fourth-order valence-corrected chi connectivity index (χ4v) is 2.72. The van der Waals surface area contributed by atoms with E-state index >= 15 is 0 Å². The number of amides is 2. The number of anilines is 2. The van der Waals surface area contributed by atoms with Gasteiger partial charge in [0.15, 0.2) is 0 Å². The average Bonchev–Trinajstić information content (AvgIpc) is 2.80. The molecule has 1 aromatic carbocycles. The summed E-state index contributed by atoms with van der Waals surface area (Å²) in [4.78, 5) is 47.2. The van der Waals surface area contributed by atoms with Gasteiger partial charge in [0.25, 0.3) is 0 Å². The van der Waals surface area contributed by atoms with Gasteiger partial charge in [-0.15, -0.1) is 0 Å². The van der Waals surface area contributed by atoms with Crippen LogP contribution in [0.5, 0.6) is 0 Å². The Labute approximate surface area is 205 Å². The Balaban J connectivity index is -0.00000148. The molecule has 8 nitrogen and oxygen atoms in total. The molecule has 0 aliphatic heterocycles. The van der Waals surface area contributed by atoms with Crippen molar-refractivity contribution in [1.29, 1.82) is 0 Å². The van der Waals surface area contributed by atoms with Crippen molar-refractivity contribution in [3.63, 3.8) is 0 Å². The van der Waals surface area contributed by atoms with Gasteiger partial charge in [-0.25, -0.2) is 9.59 Å².